The van der Waals surface area contributed by atoms with Gasteiger partial charge in [-0.1, -0.05) is 107 Å². The maximum atomic E-state index is 13.0. The number of unbranched alkanes of at least 4 members (excludes halogenated alkanes) is 11. The Labute approximate surface area is 196 Å². The Balaban J connectivity index is 1.57. The first-order valence-electron chi connectivity index (χ1n) is 12.9. The lowest BCUT2D eigenvalue weighted by molar-refractivity contribution is -0.118. The third-order valence-electron chi connectivity index (χ3n) is 5.93. The first-order chi connectivity index (χ1) is 15.8. The van der Waals surface area contributed by atoms with Gasteiger partial charge in [0.15, 0.2) is 0 Å². The van der Waals surface area contributed by atoms with Crippen LogP contribution < -0.4 is 4.90 Å². The molecule has 0 radical (unpaired) electrons. The Morgan fingerprint density at radius 3 is 1.56 bits per heavy atom. The number of benzene rings is 2. The van der Waals surface area contributed by atoms with Crippen LogP contribution in [0.3, 0.4) is 0 Å². The molecule has 0 heterocycles. The van der Waals surface area contributed by atoms with Gasteiger partial charge in [0.1, 0.15) is 0 Å². The van der Waals surface area contributed by atoms with E-state index >= 15 is 0 Å². The van der Waals surface area contributed by atoms with Crippen LogP contribution in [-0.4, -0.2) is 5.91 Å². The minimum atomic E-state index is 0.181. The van der Waals surface area contributed by atoms with Crippen molar-refractivity contribution in [1.29, 1.82) is 0 Å². The Morgan fingerprint density at radius 2 is 1.06 bits per heavy atom. The van der Waals surface area contributed by atoms with E-state index in [-0.39, 0.29) is 5.91 Å². The van der Waals surface area contributed by atoms with Gasteiger partial charge in [0.25, 0.3) is 0 Å². The summed E-state index contributed by atoms with van der Waals surface area (Å²) in [5.41, 5.74) is 1.88. The molecule has 32 heavy (non-hydrogen) atoms. The summed E-state index contributed by atoms with van der Waals surface area (Å²) in [6.45, 7) is 2.27. The number of anilines is 2. The van der Waals surface area contributed by atoms with Crippen molar-refractivity contribution in [2.24, 2.45) is 0 Å². The van der Waals surface area contributed by atoms with Crippen molar-refractivity contribution < 1.29 is 4.79 Å². The predicted octanol–water partition coefficient (Wildman–Crippen LogP) is 9.39. The fraction of sp³-hybridized carbons (Fsp3) is 0.500. The van der Waals surface area contributed by atoms with Crippen molar-refractivity contribution >= 4 is 17.3 Å². The molecule has 2 rings (SSSR count). The molecular formula is C30H43NO. The Morgan fingerprint density at radius 1 is 0.625 bits per heavy atom. The van der Waals surface area contributed by atoms with Crippen LogP contribution in [0.1, 0.15) is 96.8 Å². The van der Waals surface area contributed by atoms with Crippen LogP contribution in [0.4, 0.5) is 11.4 Å². The van der Waals surface area contributed by atoms with E-state index in [4.69, 9.17) is 0 Å². The van der Waals surface area contributed by atoms with Gasteiger partial charge >= 0.3 is 0 Å². The van der Waals surface area contributed by atoms with Crippen LogP contribution in [0.5, 0.6) is 0 Å². The number of allylic oxidation sites excluding steroid dienone is 2. The van der Waals surface area contributed by atoms with Crippen LogP contribution in [0, 0.1) is 0 Å². The van der Waals surface area contributed by atoms with Crippen molar-refractivity contribution in [1.82, 2.24) is 0 Å². The molecule has 174 valence electrons. The monoisotopic (exact) mass is 433 g/mol. The van der Waals surface area contributed by atoms with E-state index in [9.17, 15) is 4.79 Å². The molecule has 0 N–H and O–H groups in total. The molecule has 0 saturated carbocycles. The molecule has 0 unspecified atom stereocenters. The van der Waals surface area contributed by atoms with Gasteiger partial charge < -0.3 is 0 Å². The van der Waals surface area contributed by atoms with Gasteiger partial charge in [-0.25, -0.2) is 0 Å². The van der Waals surface area contributed by atoms with E-state index in [0.29, 0.717) is 6.42 Å². The Bertz CT molecular complexity index is 698. The molecule has 2 aromatic carbocycles. The summed E-state index contributed by atoms with van der Waals surface area (Å²) >= 11 is 0. The smallest absolute Gasteiger partial charge is 0.231 e. The third kappa shape index (κ3) is 10.8. The minimum Gasteiger partial charge on any atom is -0.281 e. The molecule has 0 fully saturated rings. The van der Waals surface area contributed by atoms with E-state index in [1.807, 2.05) is 65.6 Å². The summed E-state index contributed by atoms with van der Waals surface area (Å²) in [7, 11) is 0. The maximum Gasteiger partial charge on any atom is 0.231 e. The average Bonchev–Trinajstić information content (AvgIpc) is 2.83. The highest BCUT2D eigenvalue weighted by Crippen LogP contribution is 2.26. The molecule has 0 aliphatic heterocycles. The lowest BCUT2D eigenvalue weighted by Gasteiger charge is -2.23. The lowest BCUT2D eigenvalue weighted by Crippen LogP contribution is -2.25. The number of para-hydroxylation sites is 2. The predicted molar refractivity (Wildman–Crippen MR) is 139 cm³/mol. The van der Waals surface area contributed by atoms with E-state index in [0.717, 1.165) is 24.2 Å². The first-order valence-corrected chi connectivity index (χ1v) is 12.9. The summed E-state index contributed by atoms with van der Waals surface area (Å²) in [6.07, 6.45) is 21.9. The molecule has 0 aromatic heterocycles. The lowest BCUT2D eigenvalue weighted by atomic mass is 10.1. The van der Waals surface area contributed by atoms with E-state index in [1.54, 1.807) is 0 Å². The van der Waals surface area contributed by atoms with E-state index < -0.39 is 0 Å². The third-order valence-corrected chi connectivity index (χ3v) is 5.93. The molecule has 1 amide bonds. The van der Waals surface area contributed by atoms with Gasteiger partial charge in [-0.05, 0) is 56.4 Å². The van der Waals surface area contributed by atoms with Gasteiger partial charge in [-0.2, -0.15) is 0 Å². The number of nitrogens with zero attached hydrogens (tertiary/aromatic N) is 1. The second-order valence-corrected chi connectivity index (χ2v) is 8.73. The van der Waals surface area contributed by atoms with Crippen LogP contribution in [0.25, 0.3) is 0 Å². The van der Waals surface area contributed by atoms with Crippen molar-refractivity contribution in [2.45, 2.75) is 96.8 Å². The number of carbonyl (C=O) groups is 1. The highest BCUT2D eigenvalue weighted by Gasteiger charge is 2.16. The summed E-state index contributed by atoms with van der Waals surface area (Å²) in [6, 6.07) is 19.9. The van der Waals surface area contributed by atoms with Crippen LogP contribution >= 0.6 is 0 Å². The van der Waals surface area contributed by atoms with Crippen molar-refractivity contribution in [3.63, 3.8) is 0 Å². The molecule has 0 aliphatic carbocycles. The minimum absolute atomic E-state index is 0.181. The normalized spacial score (nSPS) is 11.2. The zero-order valence-corrected chi connectivity index (χ0v) is 20.2. The standard InChI is InChI=1S/C30H43NO/c1-2-3-4-5-6-7-8-9-10-11-12-13-14-15-22-27-30(32)31(28-23-18-16-19-24-28)29-25-20-17-21-26-29/h9-10,16-21,23-26H,2-8,11-15,22,27H2,1H3. The van der Waals surface area contributed by atoms with Crippen molar-refractivity contribution in [3.8, 4) is 0 Å². The van der Waals surface area contributed by atoms with Gasteiger partial charge in [-0.3, -0.25) is 9.69 Å². The van der Waals surface area contributed by atoms with Crippen molar-refractivity contribution in [3.05, 3.63) is 72.8 Å². The summed E-state index contributed by atoms with van der Waals surface area (Å²) in [4.78, 5) is 14.9. The Hall–Kier alpha value is -2.35. The second-order valence-electron chi connectivity index (χ2n) is 8.73. The summed E-state index contributed by atoms with van der Waals surface area (Å²) in [5, 5.41) is 0. The largest absolute Gasteiger partial charge is 0.281 e. The number of carbonyl (C=O) groups excluding carboxylic acids is 1. The zero-order chi connectivity index (χ0) is 22.7. The molecule has 0 atom stereocenters. The van der Waals surface area contributed by atoms with Crippen LogP contribution in [0.15, 0.2) is 72.8 Å². The van der Waals surface area contributed by atoms with Gasteiger partial charge in [0.2, 0.25) is 5.91 Å². The van der Waals surface area contributed by atoms with Crippen LogP contribution in [0.2, 0.25) is 0 Å². The highest BCUT2D eigenvalue weighted by molar-refractivity contribution is 6.00. The van der Waals surface area contributed by atoms with E-state index in [1.165, 1.54) is 70.6 Å². The number of hydrogen-bond acceptors (Lipinski definition) is 1. The Kier molecular flexibility index (Phi) is 14.0. The molecule has 0 bridgehead atoms. The van der Waals surface area contributed by atoms with E-state index in [2.05, 4.69) is 19.1 Å². The zero-order valence-electron chi connectivity index (χ0n) is 20.2. The van der Waals surface area contributed by atoms with Crippen molar-refractivity contribution in [2.75, 3.05) is 4.90 Å². The molecule has 0 saturated heterocycles. The number of hydrogen-bond donors (Lipinski definition) is 0. The number of amides is 1. The van der Waals surface area contributed by atoms with Gasteiger partial charge in [0.05, 0.1) is 0 Å². The summed E-state index contributed by atoms with van der Waals surface area (Å²) in [5.74, 6) is 0.181. The van der Waals surface area contributed by atoms with Gasteiger partial charge in [-0.15, -0.1) is 0 Å². The first kappa shape index (κ1) is 25.9. The maximum absolute atomic E-state index is 13.0. The fourth-order valence-corrected chi connectivity index (χ4v) is 4.05. The SMILES string of the molecule is CCCCCCCCC=CCCCCCCCC(=O)N(c1ccccc1)c1ccccc1. The second kappa shape index (κ2) is 17.2. The quantitative estimate of drug-likeness (QED) is 0.180. The topological polar surface area (TPSA) is 20.3 Å². The molecule has 2 nitrogen and oxygen atoms in total. The summed E-state index contributed by atoms with van der Waals surface area (Å²) < 4.78 is 0. The molecule has 0 spiro atoms. The molecular weight excluding hydrogens is 390 g/mol. The molecule has 2 heteroatoms. The average molecular weight is 434 g/mol. The number of rotatable bonds is 17. The van der Waals surface area contributed by atoms with Gasteiger partial charge in [0, 0.05) is 17.8 Å². The fourth-order valence-electron chi connectivity index (χ4n) is 4.05. The molecule has 2 aromatic rings. The molecule has 0 aliphatic rings. The highest BCUT2D eigenvalue weighted by atomic mass is 16.2. The van der Waals surface area contributed by atoms with Crippen LogP contribution in [-0.2, 0) is 4.79 Å².